The number of amides is 1. The minimum atomic E-state index is -0.0142. The summed E-state index contributed by atoms with van der Waals surface area (Å²) in [5, 5.41) is 2.85. The van der Waals surface area contributed by atoms with Crippen molar-refractivity contribution in [2.75, 3.05) is 6.54 Å². The first-order chi connectivity index (χ1) is 8.74. The maximum Gasteiger partial charge on any atom is 0.226 e. The number of aromatic amines is 1. The van der Waals surface area contributed by atoms with Gasteiger partial charge in [-0.25, -0.2) is 4.98 Å². The number of imidazole rings is 1. The Morgan fingerprint density at radius 3 is 3.00 bits per heavy atom. The van der Waals surface area contributed by atoms with Crippen molar-refractivity contribution in [3.63, 3.8) is 0 Å². The van der Waals surface area contributed by atoms with Crippen LogP contribution >= 0.6 is 0 Å². The molecule has 2 aromatic rings. The lowest BCUT2D eigenvalue weighted by Gasteiger charge is -2.04. The van der Waals surface area contributed by atoms with E-state index in [1.54, 1.807) is 18.6 Å². The minimum absolute atomic E-state index is 0.0142. The highest BCUT2D eigenvalue weighted by Crippen LogP contribution is 2.00. The lowest BCUT2D eigenvalue weighted by molar-refractivity contribution is -0.120. The van der Waals surface area contributed by atoms with Crippen LogP contribution in [-0.4, -0.2) is 27.4 Å². The molecule has 0 aliphatic carbocycles. The molecule has 0 aliphatic heterocycles. The zero-order chi connectivity index (χ0) is 12.8. The van der Waals surface area contributed by atoms with Crippen molar-refractivity contribution in [2.24, 2.45) is 0 Å². The minimum Gasteiger partial charge on any atom is -0.355 e. The van der Waals surface area contributed by atoms with Crippen LogP contribution in [0.2, 0.25) is 0 Å². The van der Waals surface area contributed by atoms with Gasteiger partial charge in [-0.3, -0.25) is 9.78 Å². The molecule has 2 heterocycles. The number of aryl methyl sites for hydroxylation is 1. The van der Waals surface area contributed by atoms with E-state index in [0.29, 0.717) is 19.4 Å². The van der Waals surface area contributed by atoms with Crippen LogP contribution in [0.1, 0.15) is 17.1 Å². The van der Waals surface area contributed by atoms with Crippen LogP contribution in [0.4, 0.5) is 0 Å². The van der Waals surface area contributed by atoms with E-state index in [2.05, 4.69) is 20.3 Å². The Morgan fingerprint density at radius 1 is 1.39 bits per heavy atom. The summed E-state index contributed by atoms with van der Waals surface area (Å²) in [7, 11) is 0. The van der Waals surface area contributed by atoms with Gasteiger partial charge in [0.25, 0.3) is 0 Å². The molecule has 0 saturated carbocycles. The molecular formula is C13H16N4O. The van der Waals surface area contributed by atoms with Crippen molar-refractivity contribution < 1.29 is 4.79 Å². The molecule has 0 saturated heterocycles. The molecule has 0 radical (unpaired) electrons. The lowest BCUT2D eigenvalue weighted by Crippen LogP contribution is -2.27. The molecule has 0 bridgehead atoms. The van der Waals surface area contributed by atoms with Crippen LogP contribution in [0.5, 0.6) is 0 Å². The molecule has 18 heavy (non-hydrogen) atoms. The second kappa shape index (κ2) is 5.95. The topological polar surface area (TPSA) is 70.7 Å². The van der Waals surface area contributed by atoms with E-state index in [1.165, 1.54) is 0 Å². The molecule has 0 unspecified atom stereocenters. The van der Waals surface area contributed by atoms with Crippen molar-refractivity contribution in [3.05, 3.63) is 47.8 Å². The number of hydrogen-bond acceptors (Lipinski definition) is 3. The molecule has 0 aromatic carbocycles. The van der Waals surface area contributed by atoms with Crippen molar-refractivity contribution in [1.82, 2.24) is 20.3 Å². The summed E-state index contributed by atoms with van der Waals surface area (Å²) in [6.45, 7) is 2.57. The summed E-state index contributed by atoms with van der Waals surface area (Å²) in [6.07, 6.45) is 6.22. The predicted molar refractivity (Wildman–Crippen MR) is 68.0 cm³/mol. The first-order valence-corrected chi connectivity index (χ1v) is 5.90. The molecule has 0 spiro atoms. The van der Waals surface area contributed by atoms with E-state index in [4.69, 9.17) is 0 Å². The van der Waals surface area contributed by atoms with Crippen molar-refractivity contribution >= 4 is 5.91 Å². The first kappa shape index (κ1) is 12.3. The highest BCUT2D eigenvalue weighted by atomic mass is 16.1. The summed E-state index contributed by atoms with van der Waals surface area (Å²) in [4.78, 5) is 22.9. The summed E-state index contributed by atoms with van der Waals surface area (Å²) in [6, 6.07) is 3.84. The number of aromatic nitrogens is 3. The van der Waals surface area contributed by atoms with E-state index in [1.807, 2.05) is 19.1 Å². The van der Waals surface area contributed by atoms with Gasteiger partial charge in [0, 0.05) is 37.3 Å². The number of pyridine rings is 1. The van der Waals surface area contributed by atoms with Gasteiger partial charge >= 0.3 is 0 Å². The quantitative estimate of drug-likeness (QED) is 0.824. The Balaban J connectivity index is 1.75. The van der Waals surface area contributed by atoms with Gasteiger partial charge in [-0.2, -0.15) is 0 Å². The summed E-state index contributed by atoms with van der Waals surface area (Å²) in [5.41, 5.74) is 1.91. The van der Waals surface area contributed by atoms with Crippen LogP contribution in [0.15, 0.2) is 30.7 Å². The number of rotatable bonds is 5. The van der Waals surface area contributed by atoms with Crippen LogP contribution in [0.3, 0.4) is 0 Å². The van der Waals surface area contributed by atoms with Crippen molar-refractivity contribution in [2.45, 2.75) is 19.8 Å². The molecule has 0 aliphatic rings. The fourth-order valence-corrected chi connectivity index (χ4v) is 1.68. The zero-order valence-corrected chi connectivity index (χ0v) is 10.3. The Hall–Kier alpha value is -2.17. The van der Waals surface area contributed by atoms with E-state index >= 15 is 0 Å². The fraction of sp³-hybridized carbons (Fsp3) is 0.308. The largest absolute Gasteiger partial charge is 0.355 e. The second-order valence-electron chi connectivity index (χ2n) is 4.14. The normalized spacial score (nSPS) is 10.3. The molecule has 0 fully saturated rings. The van der Waals surface area contributed by atoms with Gasteiger partial charge < -0.3 is 10.3 Å². The number of hydrogen-bond donors (Lipinski definition) is 2. The summed E-state index contributed by atoms with van der Waals surface area (Å²) >= 11 is 0. The number of nitrogens with one attached hydrogen (secondary N) is 2. The third kappa shape index (κ3) is 3.69. The SMILES string of the molecule is Cc1ccnc(CC(=O)NCCc2ncc[nH]2)c1. The number of H-pyrrole nitrogens is 1. The molecule has 2 rings (SSSR count). The Kier molecular flexibility index (Phi) is 4.06. The van der Waals surface area contributed by atoms with Crippen molar-refractivity contribution in [3.8, 4) is 0 Å². The molecular weight excluding hydrogens is 228 g/mol. The van der Waals surface area contributed by atoms with Gasteiger partial charge in [0.05, 0.1) is 6.42 Å². The van der Waals surface area contributed by atoms with Crippen LogP contribution in [0.25, 0.3) is 0 Å². The van der Waals surface area contributed by atoms with Gasteiger partial charge in [0.1, 0.15) is 5.82 Å². The first-order valence-electron chi connectivity index (χ1n) is 5.90. The molecule has 1 amide bonds. The maximum absolute atomic E-state index is 11.7. The van der Waals surface area contributed by atoms with Gasteiger partial charge in [0.2, 0.25) is 5.91 Å². The number of carbonyl (C=O) groups is 1. The molecule has 2 aromatic heterocycles. The predicted octanol–water partition coefficient (Wildman–Crippen LogP) is 1.01. The standard InChI is InChI=1S/C13H16N4O/c1-10-2-4-14-11(8-10)9-13(18)17-5-3-12-15-6-7-16-12/h2,4,6-8H,3,5,9H2,1H3,(H,15,16)(H,17,18). The lowest BCUT2D eigenvalue weighted by atomic mass is 10.2. The Labute approximate surface area is 106 Å². The average molecular weight is 244 g/mol. The van der Waals surface area contributed by atoms with Crippen LogP contribution in [0, 0.1) is 6.92 Å². The molecule has 0 atom stereocenters. The fourth-order valence-electron chi connectivity index (χ4n) is 1.68. The maximum atomic E-state index is 11.7. The average Bonchev–Trinajstić information content (AvgIpc) is 2.82. The van der Waals surface area contributed by atoms with Crippen LogP contribution < -0.4 is 5.32 Å². The van der Waals surface area contributed by atoms with Crippen LogP contribution in [-0.2, 0) is 17.6 Å². The summed E-state index contributed by atoms with van der Waals surface area (Å²) in [5.74, 6) is 0.864. The summed E-state index contributed by atoms with van der Waals surface area (Å²) < 4.78 is 0. The third-order valence-corrected chi connectivity index (χ3v) is 2.55. The van der Waals surface area contributed by atoms with Crippen molar-refractivity contribution in [1.29, 1.82) is 0 Å². The van der Waals surface area contributed by atoms with E-state index in [9.17, 15) is 4.79 Å². The highest BCUT2D eigenvalue weighted by molar-refractivity contribution is 5.78. The molecule has 2 N–H and O–H groups in total. The third-order valence-electron chi connectivity index (χ3n) is 2.55. The Bertz CT molecular complexity index is 507. The zero-order valence-electron chi connectivity index (χ0n) is 10.3. The van der Waals surface area contributed by atoms with Gasteiger partial charge in [0.15, 0.2) is 0 Å². The second-order valence-corrected chi connectivity index (χ2v) is 4.14. The van der Waals surface area contributed by atoms with E-state index in [-0.39, 0.29) is 5.91 Å². The smallest absolute Gasteiger partial charge is 0.226 e. The molecule has 5 nitrogen and oxygen atoms in total. The monoisotopic (exact) mass is 244 g/mol. The van der Waals surface area contributed by atoms with Gasteiger partial charge in [-0.05, 0) is 24.6 Å². The number of carbonyl (C=O) groups excluding carboxylic acids is 1. The van der Waals surface area contributed by atoms with Gasteiger partial charge in [-0.15, -0.1) is 0 Å². The Morgan fingerprint density at radius 2 is 2.28 bits per heavy atom. The molecule has 5 heteroatoms. The highest BCUT2D eigenvalue weighted by Gasteiger charge is 2.04. The van der Waals surface area contributed by atoms with E-state index in [0.717, 1.165) is 17.1 Å². The number of nitrogens with zero attached hydrogens (tertiary/aromatic N) is 2. The molecule has 94 valence electrons. The van der Waals surface area contributed by atoms with Gasteiger partial charge in [-0.1, -0.05) is 0 Å². The van der Waals surface area contributed by atoms with E-state index < -0.39 is 0 Å².